The lowest BCUT2D eigenvalue weighted by Gasteiger charge is -2.21. The average molecular weight is 444 g/mol. The number of anilines is 2. The summed E-state index contributed by atoms with van der Waals surface area (Å²) < 4.78 is 16.1. The molecule has 3 aromatic rings. The molecule has 0 fully saturated rings. The second kappa shape index (κ2) is 9.08. The van der Waals surface area contributed by atoms with Crippen LogP contribution in [0.15, 0.2) is 78.5 Å². The van der Waals surface area contributed by atoms with Gasteiger partial charge in [0.25, 0.3) is 11.8 Å². The lowest BCUT2D eigenvalue weighted by atomic mass is 10.0. The molecule has 7 heteroatoms. The van der Waals surface area contributed by atoms with Gasteiger partial charge in [-0.2, -0.15) is 0 Å². The number of para-hydroxylation sites is 1. The van der Waals surface area contributed by atoms with Crippen LogP contribution in [0.5, 0.6) is 17.2 Å². The molecule has 0 saturated carbocycles. The van der Waals surface area contributed by atoms with Gasteiger partial charge in [-0.25, -0.2) is 4.90 Å². The second-order valence-electron chi connectivity index (χ2n) is 7.34. The maximum atomic E-state index is 13.7. The third kappa shape index (κ3) is 3.89. The Kier molecular flexibility index (Phi) is 6.04. The van der Waals surface area contributed by atoms with Crippen molar-refractivity contribution in [3.63, 3.8) is 0 Å². The highest BCUT2D eigenvalue weighted by Gasteiger charge is 2.42. The molecular weight excluding hydrogens is 420 g/mol. The number of likely N-dealkylation sites (N-methyl/N-ethyl adjacent to an activating group) is 1. The first-order valence-electron chi connectivity index (χ1n) is 10.3. The first kappa shape index (κ1) is 22.0. The molecule has 1 aliphatic rings. The predicted molar refractivity (Wildman–Crippen MR) is 127 cm³/mol. The van der Waals surface area contributed by atoms with Crippen molar-refractivity contribution >= 4 is 28.8 Å². The van der Waals surface area contributed by atoms with E-state index in [-0.39, 0.29) is 11.3 Å². The van der Waals surface area contributed by atoms with Crippen LogP contribution in [0, 0.1) is 0 Å². The molecule has 2 amide bonds. The predicted octanol–water partition coefficient (Wildman–Crippen LogP) is 4.13. The molecule has 0 saturated heterocycles. The minimum absolute atomic E-state index is 0.265. The number of benzene rings is 3. The van der Waals surface area contributed by atoms with Crippen LogP contribution in [0.25, 0.3) is 5.57 Å². The van der Waals surface area contributed by atoms with Gasteiger partial charge in [0.05, 0.1) is 32.6 Å². The molecule has 7 nitrogen and oxygen atoms in total. The quantitative estimate of drug-likeness (QED) is 0.511. The highest BCUT2D eigenvalue weighted by Crippen LogP contribution is 2.39. The summed E-state index contributed by atoms with van der Waals surface area (Å²) in [6.45, 7) is 0. The van der Waals surface area contributed by atoms with Crippen molar-refractivity contribution in [2.24, 2.45) is 0 Å². The number of ether oxygens (including phenoxy) is 3. The first-order chi connectivity index (χ1) is 16.0. The number of nitrogens with zero attached hydrogens (tertiary/aromatic N) is 2. The van der Waals surface area contributed by atoms with Gasteiger partial charge in [0, 0.05) is 18.8 Å². The van der Waals surface area contributed by atoms with Crippen molar-refractivity contribution in [1.82, 2.24) is 0 Å². The molecule has 1 heterocycles. The summed E-state index contributed by atoms with van der Waals surface area (Å²) in [7, 11) is 6.37. The Morgan fingerprint density at radius 1 is 0.727 bits per heavy atom. The van der Waals surface area contributed by atoms with E-state index in [0.29, 0.717) is 28.5 Å². The van der Waals surface area contributed by atoms with E-state index in [1.807, 2.05) is 30.3 Å². The monoisotopic (exact) mass is 444 g/mol. The molecule has 33 heavy (non-hydrogen) atoms. The van der Waals surface area contributed by atoms with E-state index in [2.05, 4.69) is 0 Å². The van der Waals surface area contributed by atoms with E-state index < -0.39 is 11.8 Å². The fourth-order valence-corrected chi connectivity index (χ4v) is 3.85. The maximum Gasteiger partial charge on any atom is 0.282 e. The highest BCUT2D eigenvalue weighted by molar-refractivity contribution is 6.46. The van der Waals surface area contributed by atoms with Crippen molar-refractivity contribution in [2.45, 2.75) is 0 Å². The summed E-state index contributed by atoms with van der Waals surface area (Å²) >= 11 is 0. The van der Waals surface area contributed by atoms with Gasteiger partial charge in [0.15, 0.2) is 11.5 Å². The number of carbonyl (C=O) groups is 2. The Labute approximate surface area is 192 Å². The van der Waals surface area contributed by atoms with Gasteiger partial charge in [0.2, 0.25) is 0 Å². The largest absolute Gasteiger partial charge is 0.497 e. The van der Waals surface area contributed by atoms with Crippen LogP contribution in [0.1, 0.15) is 5.56 Å². The third-order valence-electron chi connectivity index (χ3n) is 5.52. The lowest BCUT2D eigenvalue weighted by molar-refractivity contribution is -0.120. The molecule has 0 aromatic heterocycles. The molecule has 0 radical (unpaired) electrons. The topological polar surface area (TPSA) is 68.3 Å². The van der Waals surface area contributed by atoms with E-state index >= 15 is 0 Å². The van der Waals surface area contributed by atoms with Crippen molar-refractivity contribution in [3.05, 3.63) is 84.1 Å². The fraction of sp³-hybridized carbons (Fsp3) is 0.154. The van der Waals surface area contributed by atoms with Crippen LogP contribution in [0.3, 0.4) is 0 Å². The third-order valence-corrected chi connectivity index (χ3v) is 5.52. The molecule has 168 valence electrons. The number of imide groups is 1. The number of hydrogen-bond acceptors (Lipinski definition) is 6. The normalized spacial score (nSPS) is 13.4. The molecule has 0 N–H and O–H groups in total. The minimum atomic E-state index is -0.432. The first-order valence-corrected chi connectivity index (χ1v) is 10.3. The number of amides is 2. The average Bonchev–Trinajstić information content (AvgIpc) is 3.13. The molecule has 0 bridgehead atoms. The van der Waals surface area contributed by atoms with Crippen molar-refractivity contribution in [3.8, 4) is 17.2 Å². The van der Waals surface area contributed by atoms with Crippen molar-refractivity contribution in [1.29, 1.82) is 0 Å². The number of hydrogen-bond donors (Lipinski definition) is 0. The lowest BCUT2D eigenvalue weighted by Crippen LogP contribution is -2.34. The van der Waals surface area contributed by atoms with Crippen LogP contribution in [0.2, 0.25) is 0 Å². The second-order valence-corrected chi connectivity index (χ2v) is 7.34. The van der Waals surface area contributed by atoms with E-state index in [1.165, 1.54) is 19.1 Å². The molecule has 0 spiro atoms. The Balaban J connectivity index is 1.90. The van der Waals surface area contributed by atoms with Crippen LogP contribution in [0.4, 0.5) is 11.4 Å². The summed E-state index contributed by atoms with van der Waals surface area (Å²) in [4.78, 5) is 30.3. The molecule has 4 rings (SSSR count). The van der Waals surface area contributed by atoms with Gasteiger partial charge in [-0.05, 0) is 42.0 Å². The Morgan fingerprint density at radius 2 is 1.45 bits per heavy atom. The standard InChI is InChI=1S/C26H24N2O5/c1-27(18-9-6-5-7-10-18)24-23(17-13-14-21(32-3)22(15-17)33-4)25(29)28(26(24)30)19-11-8-12-20(16-19)31-2/h5-16H,1-4H3. The fourth-order valence-electron chi connectivity index (χ4n) is 3.85. The zero-order valence-electron chi connectivity index (χ0n) is 18.9. The molecular formula is C26H24N2O5. The SMILES string of the molecule is COc1cccc(N2C(=O)C(c3ccc(OC)c(OC)c3)=C(N(C)c3ccccc3)C2=O)c1. The summed E-state index contributed by atoms with van der Waals surface area (Å²) in [6, 6.07) is 21.4. The van der Waals surface area contributed by atoms with Gasteiger partial charge in [0.1, 0.15) is 11.4 Å². The van der Waals surface area contributed by atoms with Crippen molar-refractivity contribution < 1.29 is 23.8 Å². The minimum Gasteiger partial charge on any atom is -0.497 e. The number of methoxy groups -OCH3 is 3. The number of carbonyl (C=O) groups excluding carboxylic acids is 2. The van der Waals surface area contributed by atoms with Gasteiger partial charge in [-0.3, -0.25) is 9.59 Å². The summed E-state index contributed by atoms with van der Waals surface area (Å²) in [5.74, 6) is 0.679. The summed E-state index contributed by atoms with van der Waals surface area (Å²) in [6.07, 6.45) is 0. The van der Waals surface area contributed by atoms with Gasteiger partial charge in [-0.1, -0.05) is 30.3 Å². The zero-order valence-corrected chi connectivity index (χ0v) is 18.9. The molecule has 0 unspecified atom stereocenters. The molecule has 0 aliphatic carbocycles. The van der Waals surface area contributed by atoms with Crippen molar-refractivity contribution in [2.75, 3.05) is 38.2 Å². The summed E-state index contributed by atoms with van der Waals surface area (Å²) in [5, 5.41) is 0. The number of rotatable bonds is 7. The highest BCUT2D eigenvalue weighted by atomic mass is 16.5. The van der Waals surface area contributed by atoms with E-state index in [1.54, 1.807) is 61.5 Å². The molecule has 3 aromatic carbocycles. The van der Waals surface area contributed by atoms with Crippen LogP contribution >= 0.6 is 0 Å². The Morgan fingerprint density at radius 3 is 2.12 bits per heavy atom. The Hall–Kier alpha value is -4.26. The van der Waals surface area contributed by atoms with Crippen LogP contribution in [-0.4, -0.2) is 40.2 Å². The van der Waals surface area contributed by atoms with E-state index in [0.717, 1.165) is 5.69 Å². The molecule has 1 aliphatic heterocycles. The van der Waals surface area contributed by atoms with E-state index in [4.69, 9.17) is 14.2 Å². The van der Waals surface area contributed by atoms with Gasteiger partial charge >= 0.3 is 0 Å². The van der Waals surface area contributed by atoms with Crippen LogP contribution < -0.4 is 24.0 Å². The Bertz CT molecular complexity index is 1240. The zero-order chi connectivity index (χ0) is 23.5. The molecule has 0 atom stereocenters. The smallest absolute Gasteiger partial charge is 0.282 e. The van der Waals surface area contributed by atoms with Gasteiger partial charge in [-0.15, -0.1) is 0 Å². The van der Waals surface area contributed by atoms with E-state index in [9.17, 15) is 9.59 Å². The van der Waals surface area contributed by atoms with Crippen LogP contribution in [-0.2, 0) is 9.59 Å². The summed E-state index contributed by atoms with van der Waals surface area (Å²) in [5.41, 5.74) is 2.29. The maximum absolute atomic E-state index is 13.7. The van der Waals surface area contributed by atoms with Gasteiger partial charge < -0.3 is 19.1 Å².